The van der Waals surface area contributed by atoms with E-state index in [0.29, 0.717) is 6.42 Å². The highest BCUT2D eigenvalue weighted by molar-refractivity contribution is 7.91. The first-order chi connectivity index (χ1) is 9.11. The summed E-state index contributed by atoms with van der Waals surface area (Å²) in [5, 5.41) is 17.9. The van der Waals surface area contributed by atoms with Crippen molar-refractivity contribution in [1.82, 2.24) is 14.8 Å². The second kappa shape index (κ2) is 4.86. The molecule has 2 aliphatic rings. The summed E-state index contributed by atoms with van der Waals surface area (Å²) in [6, 6.07) is 0.0124. The molecule has 1 aromatic rings. The van der Waals surface area contributed by atoms with Gasteiger partial charge in [-0.1, -0.05) is 0 Å². The molecule has 0 amide bonds. The van der Waals surface area contributed by atoms with E-state index in [2.05, 4.69) is 10.2 Å². The van der Waals surface area contributed by atoms with Crippen LogP contribution in [-0.4, -0.2) is 46.4 Å². The van der Waals surface area contributed by atoms with Crippen LogP contribution >= 0.6 is 0 Å². The monoisotopic (exact) mass is 285 g/mol. The molecule has 0 bridgehead atoms. The summed E-state index contributed by atoms with van der Waals surface area (Å²) in [6.07, 6.45) is 4.32. The molecular weight excluding hydrogens is 266 g/mol. The smallest absolute Gasteiger partial charge is 0.151 e. The molecule has 1 saturated heterocycles. The Bertz CT molecular complexity index is 567. The van der Waals surface area contributed by atoms with Gasteiger partial charge in [-0.15, -0.1) is 10.2 Å². The summed E-state index contributed by atoms with van der Waals surface area (Å²) in [5.41, 5.74) is 0. The lowest BCUT2D eigenvalue weighted by atomic mass is 10.0. The van der Waals surface area contributed by atoms with Crippen LogP contribution in [0.15, 0.2) is 0 Å². The van der Waals surface area contributed by atoms with Crippen molar-refractivity contribution in [3.63, 3.8) is 0 Å². The fourth-order valence-electron chi connectivity index (χ4n) is 3.21. The highest BCUT2D eigenvalue weighted by Crippen LogP contribution is 2.32. The Morgan fingerprint density at radius 1 is 1.26 bits per heavy atom. The minimum Gasteiger partial charge on any atom is -0.394 e. The summed E-state index contributed by atoms with van der Waals surface area (Å²) in [6.45, 7) is 0.0670. The van der Waals surface area contributed by atoms with Gasteiger partial charge in [-0.25, -0.2) is 8.42 Å². The van der Waals surface area contributed by atoms with Crippen molar-refractivity contribution in [2.24, 2.45) is 0 Å². The van der Waals surface area contributed by atoms with E-state index in [1.165, 1.54) is 0 Å². The van der Waals surface area contributed by atoms with Gasteiger partial charge < -0.3 is 9.67 Å². The Balaban J connectivity index is 1.95. The predicted molar refractivity (Wildman–Crippen MR) is 69.7 cm³/mol. The van der Waals surface area contributed by atoms with Gasteiger partial charge in [0.05, 0.1) is 24.2 Å². The molecule has 0 saturated carbocycles. The molecule has 2 aliphatic heterocycles. The molecule has 106 valence electrons. The van der Waals surface area contributed by atoms with E-state index in [0.717, 1.165) is 37.3 Å². The standard InChI is InChI=1S/C12H19N3O3S/c16-7-10-4-1-5-11-13-14-12(15(10)11)9-3-2-6-19(17,18)8-9/h9-10,16H,1-8H2. The first kappa shape index (κ1) is 13.1. The van der Waals surface area contributed by atoms with Crippen LogP contribution in [-0.2, 0) is 16.3 Å². The number of aryl methyl sites for hydroxylation is 1. The van der Waals surface area contributed by atoms with Crippen LogP contribution in [0.3, 0.4) is 0 Å². The minimum atomic E-state index is -2.95. The largest absolute Gasteiger partial charge is 0.394 e. The quantitative estimate of drug-likeness (QED) is 0.852. The third kappa shape index (κ3) is 2.41. The maximum Gasteiger partial charge on any atom is 0.151 e. The van der Waals surface area contributed by atoms with Crippen LogP contribution in [0.4, 0.5) is 0 Å². The summed E-state index contributed by atoms with van der Waals surface area (Å²) in [7, 11) is -2.95. The van der Waals surface area contributed by atoms with Crippen molar-refractivity contribution in [2.75, 3.05) is 18.1 Å². The van der Waals surface area contributed by atoms with Crippen LogP contribution in [0.2, 0.25) is 0 Å². The van der Waals surface area contributed by atoms with Gasteiger partial charge >= 0.3 is 0 Å². The van der Waals surface area contributed by atoms with Gasteiger partial charge in [0.25, 0.3) is 0 Å². The van der Waals surface area contributed by atoms with E-state index in [4.69, 9.17) is 0 Å². The van der Waals surface area contributed by atoms with Crippen molar-refractivity contribution >= 4 is 9.84 Å². The van der Waals surface area contributed by atoms with Gasteiger partial charge in [0, 0.05) is 12.3 Å². The first-order valence-electron chi connectivity index (χ1n) is 6.85. The number of hydrogen-bond acceptors (Lipinski definition) is 5. The number of aliphatic hydroxyl groups is 1. The molecule has 1 fully saturated rings. The van der Waals surface area contributed by atoms with E-state index in [1.54, 1.807) is 0 Å². The molecule has 0 aromatic carbocycles. The molecule has 19 heavy (non-hydrogen) atoms. The maximum atomic E-state index is 11.8. The van der Waals surface area contributed by atoms with Gasteiger partial charge in [-0.05, 0) is 25.7 Å². The number of fused-ring (bicyclic) bond motifs is 1. The van der Waals surface area contributed by atoms with Gasteiger partial charge in [0.15, 0.2) is 9.84 Å². The first-order valence-corrected chi connectivity index (χ1v) is 8.68. The SMILES string of the molecule is O=S1(=O)CCCC(c2nnc3n2C(CO)CCC3)C1. The summed E-state index contributed by atoms with van der Waals surface area (Å²) in [4.78, 5) is 0. The number of nitrogens with zero attached hydrogens (tertiary/aromatic N) is 3. The predicted octanol–water partition coefficient (Wildman–Crippen LogP) is 0.440. The summed E-state index contributed by atoms with van der Waals surface area (Å²) < 4.78 is 25.5. The van der Waals surface area contributed by atoms with E-state index in [9.17, 15) is 13.5 Å². The van der Waals surface area contributed by atoms with Crippen LogP contribution in [0.1, 0.15) is 49.3 Å². The lowest BCUT2D eigenvalue weighted by Crippen LogP contribution is -2.29. The molecule has 0 radical (unpaired) electrons. The second-order valence-corrected chi connectivity index (χ2v) is 7.76. The minimum absolute atomic E-state index is 0.0124. The molecular formula is C12H19N3O3S. The molecule has 2 atom stereocenters. The molecule has 7 heteroatoms. The number of hydrogen-bond donors (Lipinski definition) is 1. The van der Waals surface area contributed by atoms with Crippen LogP contribution in [0, 0.1) is 0 Å². The van der Waals surface area contributed by atoms with Crippen molar-refractivity contribution in [2.45, 2.75) is 44.1 Å². The molecule has 2 unspecified atom stereocenters. The Morgan fingerprint density at radius 2 is 2.11 bits per heavy atom. The van der Waals surface area contributed by atoms with Crippen LogP contribution < -0.4 is 0 Å². The fraction of sp³-hybridized carbons (Fsp3) is 0.833. The lowest BCUT2D eigenvalue weighted by Gasteiger charge is -2.28. The normalized spacial score (nSPS) is 29.9. The number of aromatic nitrogens is 3. The molecule has 1 aromatic heterocycles. The van der Waals surface area contributed by atoms with Crippen LogP contribution in [0.25, 0.3) is 0 Å². The number of aliphatic hydroxyl groups excluding tert-OH is 1. The van der Waals surface area contributed by atoms with E-state index in [1.807, 2.05) is 4.57 Å². The van der Waals surface area contributed by atoms with Gasteiger partial charge in [0.1, 0.15) is 11.6 Å². The highest BCUT2D eigenvalue weighted by atomic mass is 32.2. The fourth-order valence-corrected chi connectivity index (χ4v) is 4.91. The molecule has 1 N–H and O–H groups in total. The van der Waals surface area contributed by atoms with Crippen molar-refractivity contribution in [1.29, 1.82) is 0 Å². The number of sulfone groups is 1. The topological polar surface area (TPSA) is 85.1 Å². The third-order valence-electron chi connectivity index (χ3n) is 4.13. The summed E-state index contributed by atoms with van der Waals surface area (Å²) in [5.74, 6) is 2.05. The average Bonchev–Trinajstić information content (AvgIpc) is 2.81. The van der Waals surface area contributed by atoms with Crippen molar-refractivity contribution < 1.29 is 13.5 Å². The van der Waals surface area contributed by atoms with Crippen LogP contribution in [0.5, 0.6) is 0 Å². The van der Waals surface area contributed by atoms with Gasteiger partial charge in [-0.3, -0.25) is 0 Å². The third-order valence-corrected chi connectivity index (χ3v) is 5.96. The Hall–Kier alpha value is -0.950. The molecule has 0 spiro atoms. The zero-order valence-corrected chi connectivity index (χ0v) is 11.6. The molecule has 6 nitrogen and oxygen atoms in total. The second-order valence-electron chi connectivity index (χ2n) is 5.53. The zero-order chi connectivity index (χ0) is 13.5. The molecule has 0 aliphatic carbocycles. The Labute approximate surface area is 112 Å². The van der Waals surface area contributed by atoms with E-state index < -0.39 is 9.84 Å². The van der Waals surface area contributed by atoms with E-state index >= 15 is 0 Å². The summed E-state index contributed by atoms with van der Waals surface area (Å²) >= 11 is 0. The average molecular weight is 285 g/mol. The highest BCUT2D eigenvalue weighted by Gasteiger charge is 2.33. The van der Waals surface area contributed by atoms with Crippen molar-refractivity contribution in [3.05, 3.63) is 11.6 Å². The Morgan fingerprint density at radius 3 is 2.84 bits per heavy atom. The van der Waals surface area contributed by atoms with Gasteiger partial charge in [0.2, 0.25) is 0 Å². The Kier molecular flexibility index (Phi) is 3.34. The molecule has 3 heterocycles. The zero-order valence-electron chi connectivity index (χ0n) is 10.8. The van der Waals surface area contributed by atoms with Crippen molar-refractivity contribution in [3.8, 4) is 0 Å². The molecule has 3 rings (SSSR count). The number of rotatable bonds is 2. The lowest BCUT2D eigenvalue weighted by molar-refractivity contribution is 0.202. The maximum absolute atomic E-state index is 11.8. The van der Waals surface area contributed by atoms with Gasteiger partial charge in [-0.2, -0.15) is 0 Å². The van der Waals surface area contributed by atoms with E-state index in [-0.39, 0.29) is 30.1 Å².